The third-order valence-electron chi connectivity index (χ3n) is 21.2. The number of nitrogens with one attached hydrogen (secondary N) is 5. The third-order valence-corrected chi connectivity index (χ3v) is 22.6. The van der Waals surface area contributed by atoms with Crippen molar-refractivity contribution in [1.82, 2.24) is 49.8 Å². The van der Waals surface area contributed by atoms with Gasteiger partial charge in [0.2, 0.25) is 39.8 Å². The molecule has 5 heterocycles. The molecule has 25 heteroatoms. The van der Waals surface area contributed by atoms with Gasteiger partial charge >= 0.3 is 0 Å². The van der Waals surface area contributed by atoms with Crippen molar-refractivity contribution in [2.24, 2.45) is 5.14 Å². The molecule has 15 aromatic rings. The molecule has 0 amide bonds. The Morgan fingerprint density at radius 2 is 0.592 bits per heavy atom. The van der Waals surface area contributed by atoms with Crippen molar-refractivity contribution in [3.63, 3.8) is 0 Å². The molecular weight excluding hydrogens is 1560 g/mol. The third kappa shape index (κ3) is 19.9. The molecule has 120 heavy (non-hydrogen) atoms. The van der Waals surface area contributed by atoms with Crippen molar-refractivity contribution < 1.29 is 18.4 Å². The summed E-state index contributed by atoms with van der Waals surface area (Å²) >= 11 is 12.0. The highest BCUT2D eigenvalue weighted by molar-refractivity contribution is 7.89. The summed E-state index contributed by atoms with van der Waals surface area (Å²) < 4.78 is 22.7. The molecule has 10 aromatic carbocycles. The lowest BCUT2D eigenvalue weighted by Crippen LogP contribution is -2.11. The van der Waals surface area contributed by atoms with E-state index < -0.39 is 14.9 Å². The number of anilines is 10. The van der Waals surface area contributed by atoms with Crippen molar-refractivity contribution in [3.8, 4) is 62.0 Å². The summed E-state index contributed by atoms with van der Waals surface area (Å²) in [5.41, 5.74) is 27.6. The van der Waals surface area contributed by atoms with Crippen LogP contribution in [0.2, 0.25) is 10.0 Å². The van der Waals surface area contributed by atoms with E-state index in [0.717, 1.165) is 164 Å². The van der Waals surface area contributed by atoms with Gasteiger partial charge in [-0.3, -0.25) is 10.1 Å². The molecule has 20 rings (SSSR count). The average molecular weight is 1650 g/mol. The zero-order chi connectivity index (χ0) is 82.3. The van der Waals surface area contributed by atoms with Gasteiger partial charge in [-0.25, -0.2) is 63.4 Å². The number of aromatic hydroxyl groups is 1. The fourth-order valence-electron chi connectivity index (χ4n) is 15.3. The summed E-state index contributed by atoms with van der Waals surface area (Å²) in [6.07, 6.45) is 25.4. The molecule has 22 nitrogen and oxygen atoms in total. The van der Waals surface area contributed by atoms with E-state index in [-0.39, 0.29) is 16.3 Å². The number of nitro benzene ring substituents is 1. The molecule has 0 saturated heterocycles. The highest BCUT2D eigenvalue weighted by atomic mass is 35.5. The number of hydrogen-bond donors (Lipinski definition) is 7. The maximum atomic E-state index is 11.3. The van der Waals surface area contributed by atoms with Crippen LogP contribution in [-0.2, 0) is 74.2 Å². The number of nitro groups is 1. The van der Waals surface area contributed by atoms with E-state index in [9.17, 15) is 23.6 Å². The Labute approximate surface area is 705 Å². The molecule has 0 fully saturated rings. The number of aryl methyl sites for hydroxylation is 10. The Morgan fingerprint density at radius 1 is 0.317 bits per heavy atom. The van der Waals surface area contributed by atoms with Gasteiger partial charge < -0.3 is 31.7 Å². The van der Waals surface area contributed by atoms with Gasteiger partial charge in [-0.2, -0.15) is 0 Å². The number of aromatic nitrogens is 10. The molecule has 0 bridgehead atoms. The molecule has 8 N–H and O–H groups in total. The highest BCUT2D eigenvalue weighted by Gasteiger charge is 2.24. The van der Waals surface area contributed by atoms with Crippen LogP contribution in [0.4, 0.5) is 63.9 Å². The molecule has 0 unspecified atom stereocenters. The number of fused-ring (bicyclic) bond motifs is 15. The van der Waals surface area contributed by atoms with Gasteiger partial charge in [0, 0.05) is 115 Å². The lowest BCUT2D eigenvalue weighted by Gasteiger charge is -2.11. The first-order valence-electron chi connectivity index (χ1n) is 39.8. The fraction of sp³-hybridized carbons (Fsp3) is 0.158. The fourth-order valence-corrected chi connectivity index (χ4v) is 16.2. The van der Waals surface area contributed by atoms with Crippen molar-refractivity contribution >= 4 is 97.1 Å². The second-order valence-corrected chi connectivity index (χ2v) is 31.9. The number of nitrogens with zero attached hydrogens (tertiary/aromatic N) is 11. The van der Waals surface area contributed by atoms with Crippen molar-refractivity contribution in [1.29, 1.82) is 0 Å². The zero-order valence-corrected chi connectivity index (χ0v) is 67.7. The number of halogens is 2. The van der Waals surface area contributed by atoms with Gasteiger partial charge in [0.15, 0.2) is 0 Å². The van der Waals surface area contributed by atoms with Crippen LogP contribution in [-0.4, -0.2) is 68.3 Å². The zero-order valence-electron chi connectivity index (χ0n) is 65.3. The van der Waals surface area contributed by atoms with Crippen LogP contribution in [0.3, 0.4) is 0 Å². The number of phenols is 1. The number of hydrogen-bond acceptors (Lipinski definition) is 20. The summed E-state index contributed by atoms with van der Waals surface area (Å²) in [6, 6.07) is 76.6. The quantitative estimate of drug-likeness (QED) is 0.0441. The summed E-state index contributed by atoms with van der Waals surface area (Å²) in [6.45, 7) is 0. The summed E-state index contributed by atoms with van der Waals surface area (Å²) in [7, 11) is -3.70. The minimum Gasteiger partial charge on any atom is -0.508 e. The largest absolute Gasteiger partial charge is 0.508 e. The minimum atomic E-state index is -3.70. The molecule has 0 spiro atoms. The monoisotopic (exact) mass is 1640 g/mol. The number of benzene rings is 10. The predicted octanol–water partition coefficient (Wildman–Crippen LogP) is 21.4. The highest BCUT2D eigenvalue weighted by Crippen LogP contribution is 2.38. The lowest BCUT2D eigenvalue weighted by molar-refractivity contribution is -0.384. The Hall–Kier alpha value is -13.7. The summed E-state index contributed by atoms with van der Waals surface area (Å²) in [5, 5.41) is 42.7. The average Bonchev–Trinajstić information content (AvgIpc) is 1.43. The number of primary sulfonamides is 1. The molecule has 598 valence electrons. The molecule has 5 aliphatic carbocycles. The number of phenolic OH excluding ortho intramolecular Hbond substituents is 1. The van der Waals surface area contributed by atoms with Gasteiger partial charge in [-0.15, -0.1) is 0 Å². The van der Waals surface area contributed by atoms with Crippen LogP contribution < -0.4 is 31.7 Å². The van der Waals surface area contributed by atoms with E-state index in [2.05, 4.69) is 161 Å². The first-order chi connectivity index (χ1) is 58.6. The number of non-ortho nitro benzene ring substituents is 1. The minimum absolute atomic E-state index is 0.0577. The molecule has 5 aliphatic rings. The van der Waals surface area contributed by atoms with E-state index in [1.807, 2.05) is 97.7 Å². The maximum absolute atomic E-state index is 11.3. The van der Waals surface area contributed by atoms with E-state index in [0.29, 0.717) is 51.2 Å². The standard InChI is InChI=1S/2C19H16ClN3.C19H18N4O2S.C19H16N4O2.C19H17N3O/c20-15-8-4-9-16(11-15)22-19-21-12-14-7-3-6-13-5-1-2-10-17(13)18(14)23-19;20-15-8-10-16(11-9-15)22-19-21-12-14-6-3-5-13-4-1-2-7-17(13)18(14)23-19;20-26(24,25)16-10-8-15(9-11-16)22-19-21-12-14-6-3-5-13-4-1-2-7-17(13)18(14)23-19;24-23(25)16-10-8-15(9-11-16)21-19-20-12-14-6-3-5-13-4-1-2-7-17(13)18(14)22-19;23-16-9-4-8-15(11-16)21-19-20-12-14-7-3-6-13-5-1-2-10-17(13)18(14)22-19/h1-2,4-5,8-12H,3,6-7H2,(H,21,22,23);1-2,4,7-12H,3,5-6H2,(H,21,22,23);1-2,4,7-12H,3,5-6H2,(H2,20,24,25)(H,21,22,23);1-2,4,7-12H,3,5-6H2,(H,20,21,22);1-2,4-5,8-12,23H,3,6-7H2,(H,20,21,22). The Balaban J connectivity index is 0.000000112. The van der Waals surface area contributed by atoms with Gasteiger partial charge in [0.05, 0.1) is 38.3 Å². The van der Waals surface area contributed by atoms with Crippen LogP contribution in [0.5, 0.6) is 5.75 Å². The SMILES string of the molecule is Clc1ccc(Nc2ncc3c(n2)-c2ccccc2CCC3)cc1.Clc1cccc(Nc2ncc3c(n2)-c2ccccc2CCC3)c1.NS(=O)(=O)c1ccc(Nc2ncc3c(n2)-c2ccccc2CCC3)cc1.O=[N+]([O-])c1ccc(Nc2ncc3c(n2)-c2ccccc2CCC3)cc1.Oc1cccc(Nc2ncc3c(n2)-c2ccccc2CCC3)c1. The number of rotatable bonds is 12. The first kappa shape index (κ1) is 80.1. The van der Waals surface area contributed by atoms with Crippen molar-refractivity contribution in [2.45, 2.75) is 101 Å². The smallest absolute Gasteiger partial charge is 0.269 e. The molecule has 0 saturated carbocycles. The van der Waals surface area contributed by atoms with Crippen molar-refractivity contribution in [3.05, 3.63) is 349 Å². The number of sulfonamides is 1. The van der Waals surface area contributed by atoms with Crippen LogP contribution in [0.15, 0.2) is 279 Å². The number of nitrogens with two attached hydrogens (primary N) is 1. The Kier molecular flexibility index (Phi) is 24.9. The van der Waals surface area contributed by atoms with Gasteiger partial charge in [-0.05, 0) is 243 Å². The van der Waals surface area contributed by atoms with Crippen LogP contribution in [0.25, 0.3) is 56.3 Å². The van der Waals surface area contributed by atoms with Gasteiger partial charge in [0.1, 0.15) is 5.75 Å². The lowest BCUT2D eigenvalue weighted by atomic mass is 10.0. The topological polar surface area (TPSA) is 313 Å². The molecule has 0 atom stereocenters. The van der Waals surface area contributed by atoms with Gasteiger partial charge in [-0.1, -0.05) is 157 Å². The van der Waals surface area contributed by atoms with E-state index >= 15 is 0 Å². The van der Waals surface area contributed by atoms with Gasteiger partial charge in [0.25, 0.3) is 5.69 Å². The maximum Gasteiger partial charge on any atom is 0.269 e. The second kappa shape index (κ2) is 37.3. The Bertz CT molecular complexity index is 6200. The van der Waals surface area contributed by atoms with Crippen LogP contribution >= 0.6 is 23.2 Å². The van der Waals surface area contributed by atoms with E-state index in [4.69, 9.17) is 53.3 Å². The molecular formula is C95H83Cl2N17O5S. The van der Waals surface area contributed by atoms with E-state index in [1.165, 1.54) is 85.5 Å². The predicted molar refractivity (Wildman–Crippen MR) is 476 cm³/mol. The summed E-state index contributed by atoms with van der Waals surface area (Å²) in [5.74, 6) is 2.94. The van der Waals surface area contributed by atoms with E-state index in [1.54, 1.807) is 42.5 Å². The Morgan fingerprint density at radius 3 is 0.892 bits per heavy atom. The second-order valence-electron chi connectivity index (χ2n) is 29.5. The van der Waals surface area contributed by atoms with Crippen molar-refractivity contribution in [2.75, 3.05) is 26.6 Å². The molecule has 0 aliphatic heterocycles. The normalized spacial score (nSPS) is 13.0. The summed E-state index contributed by atoms with van der Waals surface area (Å²) in [4.78, 5) is 56.3. The first-order valence-corrected chi connectivity index (χ1v) is 42.1. The molecule has 0 radical (unpaired) electrons. The molecule has 5 aromatic heterocycles. The van der Waals surface area contributed by atoms with Crippen LogP contribution in [0.1, 0.15) is 87.7 Å². The van der Waals surface area contributed by atoms with Crippen LogP contribution in [0, 0.1) is 10.1 Å².